The summed E-state index contributed by atoms with van der Waals surface area (Å²) in [5.41, 5.74) is -1.11. The van der Waals surface area contributed by atoms with Crippen LogP contribution in [0.5, 0.6) is 5.75 Å². The molecule has 6 heteroatoms. The van der Waals surface area contributed by atoms with E-state index in [0.717, 1.165) is 57.1 Å². The summed E-state index contributed by atoms with van der Waals surface area (Å²) >= 11 is 0. The minimum absolute atomic E-state index is 0.0106. The Morgan fingerprint density at radius 3 is 2.07 bits per heavy atom. The fourth-order valence-electron chi connectivity index (χ4n) is 3.59. The zero-order valence-corrected chi connectivity index (χ0v) is 17.0. The topological polar surface area (TPSA) is 35.5 Å². The first-order valence-electron chi connectivity index (χ1n) is 10.1. The maximum Gasteiger partial charge on any atom is 0.416 e. The fraction of sp³-hybridized carbons (Fsp3) is 0.682. The number of ether oxygens (including phenoxy) is 2. The van der Waals surface area contributed by atoms with Crippen LogP contribution >= 0.6 is 0 Å². The molecule has 1 fully saturated rings. The Morgan fingerprint density at radius 1 is 1.00 bits per heavy atom. The highest BCUT2D eigenvalue weighted by atomic mass is 19.4. The van der Waals surface area contributed by atoms with Crippen LogP contribution in [-0.4, -0.2) is 18.2 Å². The summed E-state index contributed by atoms with van der Waals surface area (Å²) in [7, 11) is 0. The van der Waals surface area contributed by atoms with Gasteiger partial charge in [-0.15, -0.1) is 0 Å². The van der Waals surface area contributed by atoms with Gasteiger partial charge in [0.2, 0.25) is 0 Å². The molecule has 0 spiro atoms. The van der Waals surface area contributed by atoms with Crippen LogP contribution in [0, 0.1) is 11.8 Å². The molecule has 0 aromatic heterocycles. The van der Waals surface area contributed by atoms with Gasteiger partial charge < -0.3 is 9.47 Å². The van der Waals surface area contributed by atoms with Gasteiger partial charge in [0, 0.05) is 0 Å². The van der Waals surface area contributed by atoms with Crippen LogP contribution in [-0.2, 0) is 15.7 Å². The third-order valence-corrected chi connectivity index (χ3v) is 5.05. The van der Waals surface area contributed by atoms with Gasteiger partial charge in [-0.25, -0.2) is 0 Å². The van der Waals surface area contributed by atoms with E-state index in [2.05, 4.69) is 0 Å². The van der Waals surface area contributed by atoms with Crippen LogP contribution in [0.3, 0.4) is 0 Å². The second-order valence-electron chi connectivity index (χ2n) is 8.62. The van der Waals surface area contributed by atoms with Gasteiger partial charge in [0.25, 0.3) is 0 Å². The Labute approximate surface area is 165 Å². The van der Waals surface area contributed by atoms with E-state index in [-0.39, 0.29) is 11.9 Å². The maximum absolute atomic E-state index is 12.6. The lowest BCUT2D eigenvalue weighted by atomic mass is 9.84. The van der Waals surface area contributed by atoms with Crippen molar-refractivity contribution in [2.45, 2.75) is 77.5 Å². The molecule has 0 bridgehead atoms. The molecular weight excluding hydrogens is 369 g/mol. The van der Waals surface area contributed by atoms with Gasteiger partial charge in [0.05, 0.1) is 18.1 Å². The summed E-state index contributed by atoms with van der Waals surface area (Å²) in [4.78, 5) is 12.3. The first-order valence-corrected chi connectivity index (χ1v) is 10.1. The second kappa shape index (κ2) is 9.66. The third-order valence-electron chi connectivity index (χ3n) is 5.05. The van der Waals surface area contributed by atoms with E-state index < -0.39 is 17.3 Å². The SMILES string of the molecule is CC(C)(C)OC(=O)C1CCCC(CCOc2ccc(C(F)(F)F)cc2)CCC1. The minimum Gasteiger partial charge on any atom is -0.494 e. The zero-order chi connectivity index (χ0) is 20.8. The van der Waals surface area contributed by atoms with Crippen molar-refractivity contribution >= 4 is 5.97 Å². The lowest BCUT2D eigenvalue weighted by molar-refractivity contribution is -0.160. The molecule has 0 unspecified atom stereocenters. The van der Waals surface area contributed by atoms with Crippen LogP contribution in [0.2, 0.25) is 0 Å². The van der Waals surface area contributed by atoms with Crippen molar-refractivity contribution < 1.29 is 27.4 Å². The van der Waals surface area contributed by atoms with E-state index in [4.69, 9.17) is 9.47 Å². The Morgan fingerprint density at radius 2 is 1.57 bits per heavy atom. The first-order chi connectivity index (χ1) is 13.0. The molecule has 28 heavy (non-hydrogen) atoms. The number of carbonyl (C=O) groups is 1. The summed E-state index contributed by atoms with van der Waals surface area (Å²) in [5, 5.41) is 0. The molecule has 1 aromatic carbocycles. The molecular formula is C22H31F3O3. The average Bonchev–Trinajstić information content (AvgIpc) is 2.54. The van der Waals surface area contributed by atoms with Crippen LogP contribution in [0.25, 0.3) is 0 Å². The van der Waals surface area contributed by atoms with Gasteiger partial charge in [-0.3, -0.25) is 4.79 Å². The molecule has 0 amide bonds. The Bertz CT molecular complexity index is 607. The zero-order valence-electron chi connectivity index (χ0n) is 17.0. The number of rotatable bonds is 5. The standard InChI is InChI=1S/C22H31F3O3/c1-21(2,3)28-20(26)17-8-4-6-16(7-5-9-17)14-15-27-19-12-10-18(11-13-19)22(23,24)25/h10-13,16-17H,4-9,14-15H2,1-3H3. The van der Waals surface area contributed by atoms with Crippen molar-refractivity contribution in [1.82, 2.24) is 0 Å². The van der Waals surface area contributed by atoms with E-state index in [1.54, 1.807) is 0 Å². The van der Waals surface area contributed by atoms with Crippen molar-refractivity contribution in [3.63, 3.8) is 0 Å². The number of carbonyl (C=O) groups excluding carboxylic acids is 1. The van der Waals surface area contributed by atoms with Crippen molar-refractivity contribution in [3.8, 4) is 5.75 Å². The van der Waals surface area contributed by atoms with E-state index in [1.807, 2.05) is 20.8 Å². The number of hydrogen-bond acceptors (Lipinski definition) is 3. The van der Waals surface area contributed by atoms with Crippen LogP contribution in [0.15, 0.2) is 24.3 Å². The van der Waals surface area contributed by atoms with Crippen LogP contribution in [0.4, 0.5) is 13.2 Å². The molecule has 0 atom stereocenters. The molecule has 1 aliphatic rings. The Balaban J connectivity index is 1.72. The smallest absolute Gasteiger partial charge is 0.416 e. The Hall–Kier alpha value is -1.72. The van der Waals surface area contributed by atoms with E-state index >= 15 is 0 Å². The number of alkyl halides is 3. The molecule has 158 valence electrons. The second-order valence-corrected chi connectivity index (χ2v) is 8.62. The summed E-state index contributed by atoms with van der Waals surface area (Å²) in [6, 6.07) is 4.82. The van der Waals surface area contributed by atoms with Gasteiger partial charge in [0.15, 0.2) is 0 Å². The van der Waals surface area contributed by atoms with E-state index in [9.17, 15) is 18.0 Å². The lowest BCUT2D eigenvalue weighted by Crippen LogP contribution is -2.29. The highest BCUT2D eigenvalue weighted by Crippen LogP contribution is 2.31. The van der Waals surface area contributed by atoms with Gasteiger partial charge >= 0.3 is 12.1 Å². The molecule has 1 aliphatic carbocycles. The molecule has 0 saturated heterocycles. The summed E-state index contributed by atoms with van der Waals surface area (Å²) < 4.78 is 48.9. The van der Waals surface area contributed by atoms with Crippen molar-refractivity contribution in [1.29, 1.82) is 0 Å². The van der Waals surface area contributed by atoms with Crippen molar-refractivity contribution in [2.75, 3.05) is 6.61 Å². The number of esters is 1. The minimum atomic E-state index is -4.32. The third kappa shape index (κ3) is 7.72. The van der Waals surface area contributed by atoms with Crippen molar-refractivity contribution in [2.24, 2.45) is 11.8 Å². The van der Waals surface area contributed by atoms with Crippen LogP contribution in [0.1, 0.15) is 71.3 Å². The summed E-state index contributed by atoms with van der Waals surface area (Å²) in [6.45, 7) is 6.16. The predicted molar refractivity (Wildman–Crippen MR) is 102 cm³/mol. The number of benzene rings is 1. The monoisotopic (exact) mass is 400 g/mol. The molecule has 2 rings (SSSR count). The Kier molecular flexibility index (Phi) is 7.79. The summed E-state index contributed by atoms with van der Waals surface area (Å²) in [5.74, 6) is 0.887. The maximum atomic E-state index is 12.6. The molecule has 0 radical (unpaired) electrons. The average molecular weight is 400 g/mol. The molecule has 1 saturated carbocycles. The van der Waals surface area contributed by atoms with E-state index in [1.165, 1.54) is 12.1 Å². The largest absolute Gasteiger partial charge is 0.494 e. The lowest BCUT2D eigenvalue weighted by Gasteiger charge is -2.27. The van der Waals surface area contributed by atoms with Crippen molar-refractivity contribution in [3.05, 3.63) is 29.8 Å². The predicted octanol–water partition coefficient (Wildman–Crippen LogP) is 6.40. The molecule has 0 N–H and O–H groups in total. The first kappa shape index (κ1) is 22.6. The molecule has 0 heterocycles. The highest BCUT2D eigenvalue weighted by molar-refractivity contribution is 5.72. The normalized spacial score (nSPS) is 21.5. The fourth-order valence-corrected chi connectivity index (χ4v) is 3.59. The van der Waals surface area contributed by atoms with Gasteiger partial charge in [-0.1, -0.05) is 25.7 Å². The molecule has 3 nitrogen and oxygen atoms in total. The van der Waals surface area contributed by atoms with Crippen LogP contribution < -0.4 is 4.74 Å². The van der Waals surface area contributed by atoms with E-state index in [0.29, 0.717) is 18.3 Å². The van der Waals surface area contributed by atoms with Gasteiger partial charge in [-0.05, 0) is 70.2 Å². The highest BCUT2D eigenvalue weighted by Gasteiger charge is 2.30. The van der Waals surface area contributed by atoms with Gasteiger partial charge in [0.1, 0.15) is 11.4 Å². The number of halogens is 3. The number of hydrogen-bond donors (Lipinski definition) is 0. The quantitative estimate of drug-likeness (QED) is 0.536. The molecule has 0 aliphatic heterocycles. The molecule has 1 aromatic rings. The summed E-state index contributed by atoms with van der Waals surface area (Å²) in [6.07, 6.45) is 2.29. The van der Waals surface area contributed by atoms with Gasteiger partial charge in [-0.2, -0.15) is 13.2 Å².